The van der Waals surface area contributed by atoms with E-state index in [4.69, 9.17) is 0 Å². The summed E-state index contributed by atoms with van der Waals surface area (Å²) in [6.45, 7) is 0.911. The first-order chi connectivity index (χ1) is 5.77. The van der Waals surface area contributed by atoms with Crippen LogP contribution in [0.1, 0.15) is 5.56 Å². The first-order valence-corrected chi connectivity index (χ1v) is 4.96. The standard InChI is InChI=1S/C8H9NO2S/c10-12(11)7-1-2-8-6(5-7)3-4-9-8/h1-2,5,9,12H,3-4H2. The highest BCUT2D eigenvalue weighted by molar-refractivity contribution is 7.72. The second kappa shape index (κ2) is 2.79. The fourth-order valence-corrected chi connectivity index (χ4v) is 1.86. The van der Waals surface area contributed by atoms with Crippen LogP contribution in [0.5, 0.6) is 0 Å². The van der Waals surface area contributed by atoms with Gasteiger partial charge in [0, 0.05) is 12.2 Å². The maximum absolute atomic E-state index is 10.6. The highest BCUT2D eigenvalue weighted by Crippen LogP contribution is 2.23. The molecule has 0 unspecified atom stereocenters. The topological polar surface area (TPSA) is 46.2 Å². The van der Waals surface area contributed by atoms with Gasteiger partial charge in [0.2, 0.25) is 0 Å². The van der Waals surface area contributed by atoms with E-state index in [1.54, 1.807) is 12.1 Å². The molecule has 0 radical (unpaired) electrons. The van der Waals surface area contributed by atoms with Gasteiger partial charge in [-0.1, -0.05) is 0 Å². The zero-order valence-corrected chi connectivity index (χ0v) is 7.30. The lowest BCUT2D eigenvalue weighted by Gasteiger charge is -1.98. The quantitative estimate of drug-likeness (QED) is 0.627. The Morgan fingerprint density at radius 3 is 2.92 bits per heavy atom. The number of fused-ring (bicyclic) bond motifs is 1. The van der Waals surface area contributed by atoms with Crippen molar-refractivity contribution < 1.29 is 8.42 Å². The van der Waals surface area contributed by atoms with Gasteiger partial charge in [0.15, 0.2) is 10.7 Å². The van der Waals surface area contributed by atoms with Crippen LogP contribution in [-0.2, 0) is 17.1 Å². The minimum atomic E-state index is -2.43. The molecule has 0 amide bonds. The molecule has 0 fully saturated rings. The molecule has 1 aliphatic rings. The van der Waals surface area contributed by atoms with Crippen molar-refractivity contribution in [3.63, 3.8) is 0 Å². The molecule has 12 heavy (non-hydrogen) atoms. The fourth-order valence-electron chi connectivity index (χ4n) is 1.40. The molecule has 0 aromatic heterocycles. The van der Waals surface area contributed by atoms with Crippen molar-refractivity contribution in [1.29, 1.82) is 0 Å². The van der Waals surface area contributed by atoms with Crippen molar-refractivity contribution in [3.8, 4) is 0 Å². The minimum Gasteiger partial charge on any atom is -0.384 e. The van der Waals surface area contributed by atoms with Crippen LogP contribution < -0.4 is 5.32 Å². The molecule has 1 N–H and O–H groups in total. The van der Waals surface area contributed by atoms with E-state index in [9.17, 15) is 8.42 Å². The van der Waals surface area contributed by atoms with Gasteiger partial charge in [-0.15, -0.1) is 0 Å². The molecule has 1 aromatic carbocycles. The molecule has 0 spiro atoms. The second-order valence-corrected chi connectivity index (χ2v) is 3.81. The highest BCUT2D eigenvalue weighted by atomic mass is 32.2. The molecule has 0 bridgehead atoms. The van der Waals surface area contributed by atoms with E-state index in [1.807, 2.05) is 6.07 Å². The van der Waals surface area contributed by atoms with E-state index in [1.165, 1.54) is 0 Å². The molecule has 0 saturated carbocycles. The van der Waals surface area contributed by atoms with Crippen LogP contribution in [0.4, 0.5) is 5.69 Å². The van der Waals surface area contributed by atoms with Gasteiger partial charge < -0.3 is 5.32 Å². The minimum absolute atomic E-state index is 0.410. The number of anilines is 1. The Morgan fingerprint density at radius 1 is 1.33 bits per heavy atom. The van der Waals surface area contributed by atoms with E-state index in [0.717, 1.165) is 24.2 Å². The lowest BCUT2D eigenvalue weighted by atomic mass is 10.2. The van der Waals surface area contributed by atoms with Gasteiger partial charge in [0.1, 0.15) is 0 Å². The summed E-state index contributed by atoms with van der Waals surface area (Å²) < 4.78 is 21.2. The summed E-state index contributed by atoms with van der Waals surface area (Å²) in [7, 11) is -2.43. The molecule has 1 aliphatic heterocycles. The van der Waals surface area contributed by atoms with E-state index < -0.39 is 10.7 Å². The predicted molar refractivity (Wildman–Crippen MR) is 47.2 cm³/mol. The zero-order valence-electron chi connectivity index (χ0n) is 6.41. The van der Waals surface area contributed by atoms with Crippen LogP contribution in [0.2, 0.25) is 0 Å². The SMILES string of the molecule is O=[SH](=O)c1ccc2c(c1)CCN2. The summed E-state index contributed by atoms with van der Waals surface area (Å²) in [6, 6.07) is 5.19. The van der Waals surface area contributed by atoms with Crippen LogP contribution in [0, 0.1) is 0 Å². The summed E-state index contributed by atoms with van der Waals surface area (Å²) in [4.78, 5) is 0.410. The maximum atomic E-state index is 10.6. The Kier molecular flexibility index (Phi) is 1.77. The van der Waals surface area contributed by atoms with Crippen LogP contribution in [0.3, 0.4) is 0 Å². The van der Waals surface area contributed by atoms with Crippen LogP contribution in [0.25, 0.3) is 0 Å². The Morgan fingerprint density at radius 2 is 2.17 bits per heavy atom. The smallest absolute Gasteiger partial charge is 0.168 e. The Bertz CT molecular complexity index is 377. The third-order valence-corrected chi connectivity index (χ3v) is 2.71. The third-order valence-electron chi connectivity index (χ3n) is 2.01. The number of hydrogen-bond acceptors (Lipinski definition) is 3. The van der Waals surface area contributed by atoms with Gasteiger partial charge in [-0.3, -0.25) is 0 Å². The monoisotopic (exact) mass is 183 g/mol. The second-order valence-electron chi connectivity index (χ2n) is 2.78. The van der Waals surface area contributed by atoms with Crippen LogP contribution in [-0.4, -0.2) is 15.0 Å². The van der Waals surface area contributed by atoms with E-state index in [-0.39, 0.29) is 0 Å². The van der Waals surface area contributed by atoms with E-state index in [2.05, 4.69) is 5.32 Å². The predicted octanol–water partition coefficient (Wildman–Crippen LogP) is 0.625. The number of hydrogen-bond donors (Lipinski definition) is 2. The van der Waals surface area contributed by atoms with Crippen molar-refractivity contribution in [1.82, 2.24) is 0 Å². The molecule has 0 aliphatic carbocycles. The molecule has 2 rings (SSSR count). The number of rotatable bonds is 1. The first kappa shape index (κ1) is 7.61. The fraction of sp³-hybridized carbons (Fsp3) is 0.250. The molecular weight excluding hydrogens is 174 g/mol. The van der Waals surface area contributed by atoms with Gasteiger partial charge in [0.25, 0.3) is 0 Å². The maximum Gasteiger partial charge on any atom is 0.168 e. The van der Waals surface area contributed by atoms with Crippen LogP contribution in [0.15, 0.2) is 23.1 Å². The molecular formula is C8H9NO2S. The average Bonchev–Trinajstić information content (AvgIpc) is 2.49. The van der Waals surface area contributed by atoms with Crippen molar-refractivity contribution in [2.75, 3.05) is 11.9 Å². The molecule has 3 nitrogen and oxygen atoms in total. The summed E-state index contributed by atoms with van der Waals surface area (Å²) in [5, 5.41) is 3.17. The average molecular weight is 183 g/mol. The lowest BCUT2D eigenvalue weighted by molar-refractivity contribution is 0.614. The summed E-state index contributed by atoms with van der Waals surface area (Å²) in [6.07, 6.45) is 0.923. The van der Waals surface area contributed by atoms with Gasteiger partial charge in [0.05, 0.1) is 4.90 Å². The highest BCUT2D eigenvalue weighted by Gasteiger charge is 2.10. The first-order valence-electron chi connectivity index (χ1n) is 3.78. The summed E-state index contributed by atoms with van der Waals surface area (Å²) in [5.41, 5.74) is 2.17. The number of nitrogens with one attached hydrogen (secondary N) is 1. The Balaban J connectivity index is 2.52. The largest absolute Gasteiger partial charge is 0.384 e. The third kappa shape index (κ3) is 1.18. The summed E-state index contributed by atoms with van der Waals surface area (Å²) in [5.74, 6) is 0. The molecule has 0 saturated heterocycles. The van der Waals surface area contributed by atoms with Crippen molar-refractivity contribution in [2.45, 2.75) is 11.3 Å². The normalized spacial score (nSPS) is 14.4. The van der Waals surface area contributed by atoms with Crippen molar-refractivity contribution >= 4 is 16.4 Å². The van der Waals surface area contributed by atoms with Crippen LogP contribution >= 0.6 is 0 Å². The Hall–Kier alpha value is -1.03. The molecule has 0 atom stereocenters. The Labute approximate surface area is 72.4 Å². The zero-order chi connectivity index (χ0) is 8.55. The van der Waals surface area contributed by atoms with Gasteiger partial charge in [-0.2, -0.15) is 0 Å². The molecule has 64 valence electrons. The van der Waals surface area contributed by atoms with E-state index in [0.29, 0.717) is 4.90 Å². The molecule has 4 heteroatoms. The number of thiol groups is 1. The van der Waals surface area contributed by atoms with Crippen molar-refractivity contribution in [3.05, 3.63) is 23.8 Å². The molecule has 1 heterocycles. The summed E-state index contributed by atoms with van der Waals surface area (Å²) >= 11 is 0. The van der Waals surface area contributed by atoms with E-state index >= 15 is 0 Å². The van der Waals surface area contributed by atoms with Gasteiger partial charge in [-0.25, -0.2) is 8.42 Å². The number of benzene rings is 1. The lowest BCUT2D eigenvalue weighted by Crippen LogP contribution is -1.90. The van der Waals surface area contributed by atoms with Crippen molar-refractivity contribution in [2.24, 2.45) is 0 Å². The van der Waals surface area contributed by atoms with Gasteiger partial charge in [-0.05, 0) is 30.2 Å². The molecule has 1 aromatic rings. The van der Waals surface area contributed by atoms with Gasteiger partial charge >= 0.3 is 0 Å².